The fraction of sp³-hybridized carbons (Fsp3) is 0.364. The Bertz CT molecular complexity index is 1240. The van der Waals surface area contributed by atoms with Crippen LogP contribution in [0.1, 0.15) is 37.0 Å². The van der Waals surface area contributed by atoms with Crippen LogP contribution in [0.3, 0.4) is 0 Å². The van der Waals surface area contributed by atoms with Crippen LogP contribution in [0.4, 0.5) is 0 Å². The number of aromatic nitrogens is 1. The highest BCUT2D eigenvalue weighted by molar-refractivity contribution is 7.89. The van der Waals surface area contributed by atoms with E-state index in [1.165, 1.54) is 23.5 Å². The summed E-state index contributed by atoms with van der Waals surface area (Å²) in [5, 5.41) is 0. The molecule has 1 aliphatic heterocycles. The molecule has 1 aliphatic rings. The van der Waals surface area contributed by atoms with Gasteiger partial charge < -0.3 is 4.57 Å². The highest BCUT2D eigenvalue weighted by Crippen LogP contribution is 2.24. The molecule has 2 heterocycles. The molecule has 8 heteroatoms. The molecule has 0 saturated carbocycles. The Balaban J connectivity index is 1.62. The van der Waals surface area contributed by atoms with Crippen LogP contribution in [0.15, 0.2) is 58.4 Å². The maximum absolute atomic E-state index is 12.9. The van der Waals surface area contributed by atoms with Crippen molar-refractivity contribution in [3.05, 3.63) is 58.9 Å². The zero-order valence-electron chi connectivity index (χ0n) is 17.1. The van der Waals surface area contributed by atoms with E-state index >= 15 is 0 Å². The smallest absolute Gasteiger partial charge is 0.279 e. The first-order chi connectivity index (χ1) is 14.4. The largest absolute Gasteiger partial charge is 0.317 e. The Labute approximate surface area is 180 Å². The van der Waals surface area contributed by atoms with Gasteiger partial charge in [0.2, 0.25) is 10.0 Å². The average molecular weight is 444 g/mol. The first-order valence-corrected chi connectivity index (χ1v) is 12.4. The van der Waals surface area contributed by atoms with Crippen LogP contribution in [0.2, 0.25) is 0 Å². The molecule has 0 N–H and O–H groups in total. The minimum absolute atomic E-state index is 0.221. The molecule has 2 aromatic carbocycles. The van der Waals surface area contributed by atoms with Gasteiger partial charge >= 0.3 is 0 Å². The Hall–Kier alpha value is -2.29. The van der Waals surface area contributed by atoms with Gasteiger partial charge in [-0.2, -0.15) is 9.30 Å². The second-order valence-corrected chi connectivity index (χ2v) is 10.6. The van der Waals surface area contributed by atoms with Crippen molar-refractivity contribution in [2.75, 3.05) is 13.1 Å². The highest BCUT2D eigenvalue weighted by atomic mass is 32.2. The van der Waals surface area contributed by atoms with E-state index in [0.717, 1.165) is 23.1 Å². The van der Waals surface area contributed by atoms with Crippen LogP contribution in [0, 0.1) is 5.92 Å². The lowest BCUT2D eigenvalue weighted by atomic mass is 10.0. The summed E-state index contributed by atoms with van der Waals surface area (Å²) in [7, 11) is -3.53. The molecule has 1 amide bonds. The van der Waals surface area contributed by atoms with Gasteiger partial charge in [0.15, 0.2) is 4.80 Å². The number of hydrogen-bond acceptors (Lipinski definition) is 4. The van der Waals surface area contributed by atoms with Gasteiger partial charge in [0, 0.05) is 25.2 Å². The second kappa shape index (κ2) is 8.45. The molecule has 0 radical (unpaired) electrons. The number of nitrogens with zero attached hydrogens (tertiary/aromatic N) is 3. The minimum atomic E-state index is -3.53. The number of piperidine rings is 1. The molecular formula is C22H25N3O3S2. The maximum Gasteiger partial charge on any atom is 0.279 e. The molecule has 0 aliphatic carbocycles. The van der Waals surface area contributed by atoms with E-state index in [9.17, 15) is 13.2 Å². The number of sulfonamides is 1. The molecule has 1 saturated heterocycles. The van der Waals surface area contributed by atoms with E-state index in [1.54, 1.807) is 16.4 Å². The number of benzene rings is 2. The third-order valence-corrected chi connectivity index (χ3v) is 8.40. The Morgan fingerprint density at radius 2 is 1.90 bits per heavy atom. The zero-order chi connectivity index (χ0) is 21.3. The fourth-order valence-corrected chi connectivity index (χ4v) is 6.54. The van der Waals surface area contributed by atoms with Gasteiger partial charge in [0.1, 0.15) is 0 Å². The summed E-state index contributed by atoms with van der Waals surface area (Å²) in [5.41, 5.74) is 1.43. The summed E-state index contributed by atoms with van der Waals surface area (Å²) < 4.78 is 30.4. The van der Waals surface area contributed by atoms with E-state index in [1.807, 2.05) is 35.8 Å². The number of fused-ring (bicyclic) bond motifs is 1. The van der Waals surface area contributed by atoms with Crippen molar-refractivity contribution in [3.8, 4) is 0 Å². The number of para-hydroxylation sites is 1. The summed E-state index contributed by atoms with van der Waals surface area (Å²) in [4.78, 5) is 17.9. The number of rotatable bonds is 4. The van der Waals surface area contributed by atoms with Crippen LogP contribution in [-0.2, 0) is 16.6 Å². The quantitative estimate of drug-likeness (QED) is 0.614. The van der Waals surface area contributed by atoms with Gasteiger partial charge in [-0.3, -0.25) is 4.79 Å². The monoisotopic (exact) mass is 443 g/mol. The van der Waals surface area contributed by atoms with Crippen LogP contribution >= 0.6 is 11.3 Å². The topological polar surface area (TPSA) is 71.7 Å². The first kappa shape index (κ1) is 21.0. The molecule has 0 bridgehead atoms. The summed E-state index contributed by atoms with van der Waals surface area (Å²) in [6, 6.07) is 14.1. The van der Waals surface area contributed by atoms with E-state index in [2.05, 4.69) is 11.9 Å². The van der Waals surface area contributed by atoms with Crippen molar-refractivity contribution in [2.45, 2.75) is 38.1 Å². The molecular weight excluding hydrogens is 418 g/mol. The van der Waals surface area contributed by atoms with E-state index in [-0.39, 0.29) is 10.8 Å². The van der Waals surface area contributed by atoms with Crippen molar-refractivity contribution < 1.29 is 13.2 Å². The lowest BCUT2D eigenvalue weighted by Crippen LogP contribution is -2.39. The Morgan fingerprint density at radius 3 is 2.60 bits per heavy atom. The molecule has 3 aromatic rings. The van der Waals surface area contributed by atoms with Crippen molar-refractivity contribution in [1.82, 2.24) is 8.87 Å². The SMILES string of the molecule is CCn1c(=NC(=O)c2ccc(S(=O)(=O)N3CCC[C@H](C)C3)cc2)sc2ccccc21. The molecule has 1 aromatic heterocycles. The van der Waals surface area contributed by atoms with Gasteiger partial charge in [-0.25, -0.2) is 8.42 Å². The van der Waals surface area contributed by atoms with Crippen molar-refractivity contribution in [3.63, 3.8) is 0 Å². The number of hydrogen-bond donors (Lipinski definition) is 0. The summed E-state index contributed by atoms with van der Waals surface area (Å²) in [6.45, 7) is 5.89. The average Bonchev–Trinajstić information content (AvgIpc) is 3.10. The van der Waals surface area contributed by atoms with Crippen LogP contribution in [0.25, 0.3) is 10.2 Å². The first-order valence-electron chi connectivity index (χ1n) is 10.2. The number of aryl methyl sites for hydroxylation is 1. The lowest BCUT2D eigenvalue weighted by Gasteiger charge is -2.30. The van der Waals surface area contributed by atoms with E-state index < -0.39 is 10.0 Å². The van der Waals surface area contributed by atoms with E-state index in [0.29, 0.717) is 35.9 Å². The van der Waals surface area contributed by atoms with Crippen molar-refractivity contribution >= 4 is 37.5 Å². The van der Waals surface area contributed by atoms with Gasteiger partial charge in [-0.05, 0) is 62.1 Å². The Kier molecular flexibility index (Phi) is 5.90. The molecule has 6 nitrogen and oxygen atoms in total. The van der Waals surface area contributed by atoms with Gasteiger partial charge in [0.05, 0.1) is 15.1 Å². The van der Waals surface area contributed by atoms with Crippen molar-refractivity contribution in [2.24, 2.45) is 10.9 Å². The maximum atomic E-state index is 12.9. The van der Waals surface area contributed by atoms with E-state index in [4.69, 9.17) is 0 Å². The van der Waals surface area contributed by atoms with Gasteiger partial charge in [-0.1, -0.05) is 30.4 Å². The Morgan fingerprint density at radius 1 is 1.17 bits per heavy atom. The second-order valence-electron chi connectivity index (χ2n) is 7.65. The summed E-state index contributed by atoms with van der Waals surface area (Å²) >= 11 is 1.47. The summed E-state index contributed by atoms with van der Waals surface area (Å²) in [5.74, 6) is -0.0148. The van der Waals surface area contributed by atoms with Crippen LogP contribution in [0.5, 0.6) is 0 Å². The molecule has 0 spiro atoms. The lowest BCUT2D eigenvalue weighted by molar-refractivity contribution is 0.0997. The third kappa shape index (κ3) is 3.99. The number of carbonyl (C=O) groups excluding carboxylic acids is 1. The van der Waals surface area contributed by atoms with Crippen LogP contribution < -0.4 is 4.80 Å². The number of thiazole rings is 1. The molecule has 158 valence electrons. The predicted octanol–water partition coefficient (Wildman–Crippen LogP) is 3.88. The molecule has 1 fully saturated rings. The molecule has 0 unspecified atom stereocenters. The highest BCUT2D eigenvalue weighted by Gasteiger charge is 2.28. The fourth-order valence-electron chi connectivity index (χ4n) is 3.85. The minimum Gasteiger partial charge on any atom is -0.317 e. The number of carbonyl (C=O) groups is 1. The number of amides is 1. The predicted molar refractivity (Wildman–Crippen MR) is 119 cm³/mol. The molecule has 30 heavy (non-hydrogen) atoms. The molecule has 1 atom stereocenters. The molecule has 4 rings (SSSR count). The zero-order valence-corrected chi connectivity index (χ0v) is 18.7. The normalized spacial score (nSPS) is 18.7. The van der Waals surface area contributed by atoms with Crippen LogP contribution in [-0.4, -0.2) is 36.3 Å². The summed E-state index contributed by atoms with van der Waals surface area (Å²) in [6.07, 6.45) is 1.93. The third-order valence-electron chi connectivity index (χ3n) is 5.46. The van der Waals surface area contributed by atoms with Gasteiger partial charge in [0.25, 0.3) is 5.91 Å². The standard InChI is InChI=1S/C22H25N3O3S2/c1-3-25-19-8-4-5-9-20(19)29-22(25)23-21(26)17-10-12-18(13-11-17)30(27,28)24-14-6-7-16(2)15-24/h4-5,8-13,16H,3,6-7,14-15H2,1-2H3/t16-/m0/s1. The van der Waals surface area contributed by atoms with Crippen molar-refractivity contribution in [1.29, 1.82) is 0 Å². The van der Waals surface area contributed by atoms with Gasteiger partial charge in [-0.15, -0.1) is 0 Å².